The van der Waals surface area contributed by atoms with Crippen molar-refractivity contribution in [3.63, 3.8) is 0 Å². The van der Waals surface area contributed by atoms with Gasteiger partial charge in [-0.05, 0) is 6.42 Å². The predicted octanol–water partition coefficient (Wildman–Crippen LogP) is 0.658. The van der Waals surface area contributed by atoms with Crippen LogP contribution in [0.4, 0.5) is 5.95 Å². The maximum Gasteiger partial charge on any atom is 0.324 e. The van der Waals surface area contributed by atoms with Crippen molar-refractivity contribution in [2.24, 2.45) is 0 Å². The van der Waals surface area contributed by atoms with E-state index in [1.807, 2.05) is 0 Å². The Morgan fingerprint density at radius 3 is 2.53 bits per heavy atom. The lowest BCUT2D eigenvalue weighted by atomic mass is 10.4. The summed E-state index contributed by atoms with van der Waals surface area (Å²) in [7, 11) is 1.45. The molecule has 0 saturated carbocycles. The van der Waals surface area contributed by atoms with Crippen LogP contribution in [0.15, 0.2) is 0 Å². The number of nitrogens with two attached hydrogens (primary N) is 1. The molecule has 0 bridgehead atoms. The van der Waals surface area contributed by atoms with E-state index in [0.717, 1.165) is 19.4 Å². The van der Waals surface area contributed by atoms with Gasteiger partial charge >= 0.3 is 12.0 Å². The highest BCUT2D eigenvalue weighted by Crippen LogP contribution is 2.09. The summed E-state index contributed by atoms with van der Waals surface area (Å²) in [6, 6.07) is 0.285. The highest BCUT2D eigenvalue weighted by atomic mass is 16.5. The van der Waals surface area contributed by atoms with Crippen molar-refractivity contribution in [1.29, 1.82) is 0 Å². The summed E-state index contributed by atoms with van der Waals surface area (Å²) in [5, 5.41) is 0. The molecule has 0 aliphatic rings. The molecular weight excluding hydrogens is 224 g/mol. The zero-order valence-corrected chi connectivity index (χ0v) is 10.2. The number of unbranched alkanes of at least 4 members (excludes halogenated alkanes) is 1. The Labute approximate surface area is 100 Å². The molecule has 7 heteroatoms. The Bertz CT molecular complexity index is 335. The molecule has 0 fully saturated rings. The lowest BCUT2D eigenvalue weighted by Crippen LogP contribution is -2.11. The Morgan fingerprint density at radius 1 is 1.06 bits per heavy atom. The van der Waals surface area contributed by atoms with Crippen LogP contribution in [-0.2, 0) is 4.74 Å². The SMILES string of the molecule is CCCCOCCOc1nc(N)nc(OC)n1. The summed E-state index contributed by atoms with van der Waals surface area (Å²) < 4.78 is 15.4. The van der Waals surface area contributed by atoms with Gasteiger partial charge in [0.15, 0.2) is 0 Å². The highest BCUT2D eigenvalue weighted by Gasteiger charge is 2.04. The van der Waals surface area contributed by atoms with Crippen molar-refractivity contribution in [3.8, 4) is 12.0 Å². The molecule has 1 aromatic heterocycles. The molecule has 1 aromatic rings. The van der Waals surface area contributed by atoms with E-state index in [1.165, 1.54) is 7.11 Å². The number of hydrogen-bond acceptors (Lipinski definition) is 7. The van der Waals surface area contributed by atoms with E-state index in [2.05, 4.69) is 21.9 Å². The van der Waals surface area contributed by atoms with E-state index in [4.69, 9.17) is 19.9 Å². The van der Waals surface area contributed by atoms with Gasteiger partial charge in [-0.1, -0.05) is 13.3 Å². The van der Waals surface area contributed by atoms with Gasteiger partial charge in [0.2, 0.25) is 5.95 Å². The summed E-state index contributed by atoms with van der Waals surface area (Å²) in [6.45, 7) is 3.71. The van der Waals surface area contributed by atoms with Gasteiger partial charge < -0.3 is 19.9 Å². The Kier molecular flexibility index (Phi) is 6.02. The fourth-order valence-corrected chi connectivity index (χ4v) is 1.05. The normalized spacial score (nSPS) is 10.2. The monoisotopic (exact) mass is 242 g/mol. The Hall–Kier alpha value is -1.63. The second-order valence-corrected chi connectivity index (χ2v) is 3.28. The van der Waals surface area contributed by atoms with Gasteiger partial charge in [-0.2, -0.15) is 9.97 Å². The molecule has 0 amide bonds. The van der Waals surface area contributed by atoms with E-state index in [0.29, 0.717) is 13.2 Å². The quantitative estimate of drug-likeness (QED) is 0.669. The van der Waals surface area contributed by atoms with Crippen LogP contribution >= 0.6 is 0 Å². The van der Waals surface area contributed by atoms with Crippen LogP contribution in [0.25, 0.3) is 0 Å². The first-order chi connectivity index (χ1) is 8.26. The minimum Gasteiger partial charge on any atom is -0.467 e. The fourth-order valence-electron chi connectivity index (χ4n) is 1.05. The number of aromatic nitrogens is 3. The highest BCUT2D eigenvalue weighted by molar-refractivity contribution is 5.20. The van der Waals surface area contributed by atoms with Crippen molar-refractivity contribution < 1.29 is 14.2 Å². The maximum atomic E-state index is 5.45. The molecule has 0 saturated heterocycles. The van der Waals surface area contributed by atoms with Crippen LogP contribution in [0.3, 0.4) is 0 Å². The average molecular weight is 242 g/mol. The van der Waals surface area contributed by atoms with Crippen molar-refractivity contribution in [2.45, 2.75) is 19.8 Å². The van der Waals surface area contributed by atoms with Gasteiger partial charge in [0.05, 0.1) is 13.7 Å². The number of hydrogen-bond donors (Lipinski definition) is 1. The third kappa shape index (κ3) is 5.30. The number of ether oxygens (including phenoxy) is 3. The van der Waals surface area contributed by atoms with Gasteiger partial charge in [-0.25, -0.2) is 0 Å². The van der Waals surface area contributed by atoms with E-state index in [9.17, 15) is 0 Å². The number of nitrogens with zero attached hydrogens (tertiary/aromatic N) is 3. The average Bonchev–Trinajstić information content (AvgIpc) is 2.33. The van der Waals surface area contributed by atoms with Crippen molar-refractivity contribution >= 4 is 5.95 Å². The smallest absolute Gasteiger partial charge is 0.324 e. The zero-order chi connectivity index (χ0) is 12.5. The second kappa shape index (κ2) is 7.61. The third-order valence-corrected chi connectivity index (χ3v) is 1.90. The molecule has 0 aliphatic carbocycles. The van der Waals surface area contributed by atoms with Crippen LogP contribution in [0.2, 0.25) is 0 Å². The van der Waals surface area contributed by atoms with E-state index >= 15 is 0 Å². The second-order valence-electron chi connectivity index (χ2n) is 3.28. The first kappa shape index (κ1) is 13.4. The molecule has 1 rings (SSSR count). The topological polar surface area (TPSA) is 92.4 Å². The molecule has 0 radical (unpaired) electrons. The van der Waals surface area contributed by atoms with Crippen LogP contribution in [0.1, 0.15) is 19.8 Å². The number of nitrogen functional groups attached to an aromatic ring is 1. The number of methoxy groups -OCH3 is 1. The Morgan fingerprint density at radius 2 is 1.82 bits per heavy atom. The lowest BCUT2D eigenvalue weighted by Gasteiger charge is -2.06. The van der Waals surface area contributed by atoms with Crippen LogP contribution in [0, 0.1) is 0 Å². The molecule has 0 spiro atoms. The molecule has 0 aliphatic heterocycles. The molecular formula is C10H18N4O3. The molecule has 96 valence electrons. The van der Waals surface area contributed by atoms with Crippen LogP contribution in [-0.4, -0.2) is 41.9 Å². The zero-order valence-electron chi connectivity index (χ0n) is 10.2. The molecule has 7 nitrogen and oxygen atoms in total. The minimum absolute atomic E-state index is 0.0683. The first-order valence-electron chi connectivity index (χ1n) is 5.52. The minimum atomic E-state index is 0.0683. The molecule has 0 unspecified atom stereocenters. The van der Waals surface area contributed by atoms with Crippen LogP contribution in [0.5, 0.6) is 12.0 Å². The van der Waals surface area contributed by atoms with Gasteiger partial charge in [0.25, 0.3) is 0 Å². The molecule has 0 atom stereocenters. The van der Waals surface area contributed by atoms with Gasteiger partial charge in [0.1, 0.15) is 6.61 Å². The van der Waals surface area contributed by atoms with Crippen LogP contribution < -0.4 is 15.2 Å². The number of anilines is 1. The summed E-state index contributed by atoms with van der Waals surface area (Å²) >= 11 is 0. The molecule has 0 aromatic carbocycles. The maximum absolute atomic E-state index is 5.45. The van der Waals surface area contributed by atoms with Crippen molar-refractivity contribution in [3.05, 3.63) is 0 Å². The van der Waals surface area contributed by atoms with E-state index in [1.54, 1.807) is 0 Å². The summed E-state index contributed by atoms with van der Waals surface area (Å²) in [5.74, 6) is 0.0683. The molecule has 17 heavy (non-hydrogen) atoms. The Balaban J connectivity index is 2.28. The van der Waals surface area contributed by atoms with Crippen molar-refractivity contribution in [1.82, 2.24) is 15.0 Å². The van der Waals surface area contributed by atoms with E-state index < -0.39 is 0 Å². The molecule has 1 heterocycles. The van der Waals surface area contributed by atoms with Gasteiger partial charge in [-0.15, -0.1) is 4.98 Å². The van der Waals surface area contributed by atoms with Gasteiger partial charge in [-0.3, -0.25) is 0 Å². The third-order valence-electron chi connectivity index (χ3n) is 1.90. The van der Waals surface area contributed by atoms with Gasteiger partial charge in [0, 0.05) is 6.61 Å². The van der Waals surface area contributed by atoms with Crippen molar-refractivity contribution in [2.75, 3.05) is 32.7 Å². The standard InChI is InChI=1S/C10H18N4O3/c1-3-4-5-16-6-7-17-10-13-8(11)12-9(14-10)15-2/h3-7H2,1-2H3,(H2,11,12,13,14). The summed E-state index contributed by atoms with van der Waals surface area (Å²) in [6.07, 6.45) is 2.16. The predicted molar refractivity (Wildman–Crippen MR) is 62.0 cm³/mol. The lowest BCUT2D eigenvalue weighted by molar-refractivity contribution is 0.0944. The molecule has 2 N–H and O–H groups in total. The largest absolute Gasteiger partial charge is 0.467 e. The summed E-state index contributed by atoms with van der Waals surface area (Å²) in [4.78, 5) is 11.4. The first-order valence-corrected chi connectivity index (χ1v) is 5.52. The summed E-state index contributed by atoms with van der Waals surface area (Å²) in [5.41, 5.74) is 5.45. The fraction of sp³-hybridized carbons (Fsp3) is 0.700. The number of rotatable bonds is 8. The van der Waals surface area contributed by atoms with E-state index in [-0.39, 0.29) is 18.0 Å².